The van der Waals surface area contributed by atoms with Gasteiger partial charge in [0.25, 0.3) is 0 Å². The number of nitrogens with zero attached hydrogens (tertiary/aromatic N) is 4. The maximum Gasteiger partial charge on any atom is 0.232 e. The molecule has 3 rings (SSSR count). The van der Waals surface area contributed by atoms with Crippen LogP contribution < -0.4 is 5.73 Å². The number of para-hydroxylation sites is 1. The molecule has 2 N–H and O–H groups in total. The van der Waals surface area contributed by atoms with Gasteiger partial charge in [0.1, 0.15) is 5.01 Å². The Kier molecular flexibility index (Phi) is 2.56. The molecular weight excluding hydrogens is 246 g/mol. The van der Waals surface area contributed by atoms with E-state index in [1.54, 1.807) is 10.9 Å². The highest BCUT2D eigenvalue weighted by Crippen LogP contribution is 2.26. The summed E-state index contributed by atoms with van der Waals surface area (Å²) in [7, 11) is 0. The second-order valence-corrected chi connectivity index (χ2v) is 5.02. The highest BCUT2D eigenvalue weighted by molar-refractivity contribution is 7.13. The predicted molar refractivity (Wildman–Crippen MR) is 71.6 cm³/mol. The molecule has 0 aliphatic heterocycles. The lowest BCUT2D eigenvalue weighted by atomic mass is 10.1. The fourth-order valence-corrected chi connectivity index (χ4v) is 2.33. The molecule has 0 fully saturated rings. The molecule has 0 saturated heterocycles. The predicted octanol–water partition coefficient (Wildman–Crippen LogP) is 2.28. The molecule has 0 atom stereocenters. The maximum absolute atomic E-state index is 5.94. The van der Waals surface area contributed by atoms with Crippen LogP contribution in [0, 0.1) is 6.92 Å². The first-order chi connectivity index (χ1) is 8.74. The fourth-order valence-electron chi connectivity index (χ4n) is 1.71. The quantitative estimate of drug-likeness (QED) is 0.715. The van der Waals surface area contributed by atoms with Gasteiger partial charge in [-0.2, -0.15) is 5.10 Å². The summed E-state index contributed by atoms with van der Waals surface area (Å²) in [5, 5.41) is 14.0. The van der Waals surface area contributed by atoms with Crippen LogP contribution in [0.2, 0.25) is 0 Å². The molecule has 0 aliphatic rings. The molecule has 2 aromatic heterocycles. The van der Waals surface area contributed by atoms with Crippen molar-refractivity contribution < 1.29 is 0 Å². The molecule has 0 spiro atoms. The van der Waals surface area contributed by atoms with Gasteiger partial charge in [0, 0.05) is 23.0 Å². The zero-order chi connectivity index (χ0) is 12.5. The van der Waals surface area contributed by atoms with Gasteiger partial charge in [-0.3, -0.25) is 0 Å². The van der Waals surface area contributed by atoms with E-state index >= 15 is 0 Å². The van der Waals surface area contributed by atoms with Gasteiger partial charge in [0.15, 0.2) is 0 Å². The number of nitrogen functional groups attached to an aromatic ring is 1. The van der Waals surface area contributed by atoms with Crippen molar-refractivity contribution in [2.45, 2.75) is 6.92 Å². The first kappa shape index (κ1) is 10.9. The molecule has 0 unspecified atom stereocenters. The Hall–Kier alpha value is -2.21. The van der Waals surface area contributed by atoms with E-state index in [1.807, 2.05) is 37.4 Å². The third-order valence-corrected chi connectivity index (χ3v) is 3.39. The lowest BCUT2D eigenvalue weighted by Gasteiger charge is -2.00. The number of aromatic nitrogens is 4. The van der Waals surface area contributed by atoms with Gasteiger partial charge in [0.2, 0.25) is 5.13 Å². The summed E-state index contributed by atoms with van der Waals surface area (Å²) in [4.78, 5) is 0. The number of anilines is 1. The first-order valence-corrected chi connectivity index (χ1v) is 6.26. The van der Waals surface area contributed by atoms with Crippen LogP contribution in [0.5, 0.6) is 0 Å². The van der Waals surface area contributed by atoms with Gasteiger partial charge >= 0.3 is 0 Å². The fraction of sp³-hybridized carbons (Fsp3) is 0.0833. The lowest BCUT2D eigenvalue weighted by molar-refractivity contribution is 0.844. The normalized spacial score (nSPS) is 10.7. The third kappa shape index (κ3) is 1.86. The molecule has 18 heavy (non-hydrogen) atoms. The van der Waals surface area contributed by atoms with E-state index in [9.17, 15) is 0 Å². The highest BCUT2D eigenvalue weighted by atomic mass is 32.1. The van der Waals surface area contributed by atoms with Crippen LogP contribution in [0.15, 0.2) is 36.7 Å². The number of nitrogens with two attached hydrogens (primary N) is 1. The first-order valence-electron chi connectivity index (χ1n) is 5.44. The lowest BCUT2D eigenvalue weighted by Crippen LogP contribution is -1.92. The standard InChI is InChI=1S/C12H11N5S/c1-8-15-16-12(18-8)17-7-9(6-14-17)10-4-2-3-5-11(10)13/h2-7H,13H2,1H3. The van der Waals surface area contributed by atoms with E-state index in [-0.39, 0.29) is 0 Å². The van der Waals surface area contributed by atoms with Crippen molar-refractivity contribution in [2.24, 2.45) is 0 Å². The van der Waals surface area contributed by atoms with Crippen molar-refractivity contribution in [3.63, 3.8) is 0 Å². The smallest absolute Gasteiger partial charge is 0.232 e. The van der Waals surface area contributed by atoms with Crippen molar-refractivity contribution in [1.29, 1.82) is 0 Å². The molecule has 2 heterocycles. The summed E-state index contributed by atoms with van der Waals surface area (Å²) < 4.78 is 1.71. The molecule has 5 nitrogen and oxygen atoms in total. The van der Waals surface area contributed by atoms with Crippen LogP contribution in [-0.2, 0) is 0 Å². The van der Waals surface area contributed by atoms with Gasteiger partial charge in [0.05, 0.1) is 6.20 Å². The third-order valence-electron chi connectivity index (χ3n) is 2.57. The van der Waals surface area contributed by atoms with Crippen molar-refractivity contribution in [2.75, 3.05) is 5.73 Å². The van der Waals surface area contributed by atoms with Crippen molar-refractivity contribution in [3.8, 4) is 16.3 Å². The van der Waals surface area contributed by atoms with Crippen LogP contribution in [0.3, 0.4) is 0 Å². The minimum atomic E-state index is 0.741. The van der Waals surface area contributed by atoms with E-state index in [0.29, 0.717) is 0 Å². The number of aryl methyl sites for hydroxylation is 1. The van der Waals surface area contributed by atoms with E-state index in [0.717, 1.165) is 27.0 Å². The molecular formula is C12H11N5S. The Bertz CT molecular complexity index is 685. The van der Waals surface area contributed by atoms with E-state index in [1.165, 1.54) is 11.3 Å². The van der Waals surface area contributed by atoms with Gasteiger partial charge in [-0.15, -0.1) is 10.2 Å². The number of hydrogen-bond acceptors (Lipinski definition) is 5. The van der Waals surface area contributed by atoms with Crippen LogP contribution in [0.1, 0.15) is 5.01 Å². The van der Waals surface area contributed by atoms with Gasteiger partial charge in [-0.25, -0.2) is 4.68 Å². The molecule has 1 aromatic carbocycles. The van der Waals surface area contributed by atoms with E-state index < -0.39 is 0 Å². The second kappa shape index (κ2) is 4.23. The van der Waals surface area contributed by atoms with Crippen LogP contribution in [-0.4, -0.2) is 20.0 Å². The largest absolute Gasteiger partial charge is 0.398 e. The second-order valence-electron chi connectivity index (χ2n) is 3.86. The molecule has 0 amide bonds. The Morgan fingerprint density at radius 2 is 2.06 bits per heavy atom. The van der Waals surface area contributed by atoms with Crippen LogP contribution in [0.25, 0.3) is 16.3 Å². The average Bonchev–Trinajstić information content (AvgIpc) is 2.98. The maximum atomic E-state index is 5.94. The summed E-state index contributed by atoms with van der Waals surface area (Å²) in [6.45, 7) is 1.92. The van der Waals surface area contributed by atoms with Gasteiger partial charge in [-0.05, 0) is 13.0 Å². The Morgan fingerprint density at radius 1 is 1.22 bits per heavy atom. The monoisotopic (exact) mass is 257 g/mol. The summed E-state index contributed by atoms with van der Waals surface area (Å²) in [5.74, 6) is 0. The van der Waals surface area contributed by atoms with Crippen molar-refractivity contribution in [1.82, 2.24) is 20.0 Å². The Balaban J connectivity index is 2.02. The molecule has 3 aromatic rings. The number of rotatable bonds is 2. The van der Waals surface area contributed by atoms with Crippen molar-refractivity contribution in [3.05, 3.63) is 41.7 Å². The molecule has 0 aliphatic carbocycles. The summed E-state index contributed by atoms with van der Waals surface area (Å²) >= 11 is 1.50. The zero-order valence-corrected chi connectivity index (χ0v) is 10.6. The Morgan fingerprint density at radius 3 is 2.78 bits per heavy atom. The van der Waals surface area contributed by atoms with Gasteiger partial charge in [-0.1, -0.05) is 29.5 Å². The molecule has 0 bridgehead atoms. The summed E-state index contributed by atoms with van der Waals surface area (Å²) in [6, 6.07) is 7.72. The zero-order valence-electron chi connectivity index (χ0n) is 9.74. The Labute approximate surface area is 108 Å². The average molecular weight is 257 g/mol. The molecule has 0 radical (unpaired) electrons. The summed E-state index contributed by atoms with van der Waals surface area (Å²) in [5.41, 5.74) is 8.63. The van der Waals surface area contributed by atoms with Gasteiger partial charge < -0.3 is 5.73 Å². The SMILES string of the molecule is Cc1nnc(-n2cc(-c3ccccc3N)cn2)s1. The highest BCUT2D eigenvalue weighted by Gasteiger charge is 2.08. The number of benzene rings is 1. The topological polar surface area (TPSA) is 69.6 Å². The van der Waals surface area contributed by atoms with Crippen molar-refractivity contribution >= 4 is 17.0 Å². The molecule has 6 heteroatoms. The molecule has 0 saturated carbocycles. The minimum absolute atomic E-state index is 0.741. The number of hydrogen-bond donors (Lipinski definition) is 1. The summed E-state index contributed by atoms with van der Waals surface area (Å²) in [6.07, 6.45) is 3.69. The molecule has 90 valence electrons. The minimum Gasteiger partial charge on any atom is -0.398 e. The van der Waals surface area contributed by atoms with Crippen LogP contribution in [0.4, 0.5) is 5.69 Å². The van der Waals surface area contributed by atoms with E-state index in [4.69, 9.17) is 5.73 Å². The van der Waals surface area contributed by atoms with E-state index in [2.05, 4.69) is 15.3 Å². The van der Waals surface area contributed by atoms with Crippen LogP contribution >= 0.6 is 11.3 Å².